The van der Waals surface area contributed by atoms with Gasteiger partial charge in [0.1, 0.15) is 11.9 Å². The number of hydrogen-bond acceptors (Lipinski definition) is 8. The average Bonchev–Trinajstić information content (AvgIpc) is 3.83. The van der Waals surface area contributed by atoms with Gasteiger partial charge in [0.2, 0.25) is 0 Å². The predicted molar refractivity (Wildman–Crippen MR) is 168 cm³/mol. The van der Waals surface area contributed by atoms with E-state index in [1.54, 1.807) is 23.7 Å². The molecular weight excluding hydrogens is 659 g/mol. The van der Waals surface area contributed by atoms with Gasteiger partial charge in [0, 0.05) is 64.2 Å². The second-order valence-electron chi connectivity index (χ2n) is 10.5. The van der Waals surface area contributed by atoms with Gasteiger partial charge in [-0.05, 0) is 30.3 Å². The fraction of sp³-hybridized carbons (Fsp3) is 0.161. The minimum Gasteiger partial charge on any atom is -0.326 e. The van der Waals surface area contributed by atoms with Gasteiger partial charge < -0.3 is 4.90 Å². The van der Waals surface area contributed by atoms with Crippen molar-refractivity contribution in [3.05, 3.63) is 123 Å². The maximum Gasteiger partial charge on any atom is 0.333 e. The summed E-state index contributed by atoms with van der Waals surface area (Å²) in [7, 11) is -4.10. The molecule has 9 nitrogen and oxygen atoms in total. The number of nitrogens with one attached hydrogen (secondary N) is 1. The van der Waals surface area contributed by atoms with Crippen molar-refractivity contribution in [1.29, 1.82) is 0 Å². The monoisotopic (exact) mass is 681 g/mol. The van der Waals surface area contributed by atoms with Crippen LogP contribution in [0.1, 0.15) is 35.3 Å². The van der Waals surface area contributed by atoms with Gasteiger partial charge in [-0.15, -0.1) is 11.3 Å². The van der Waals surface area contributed by atoms with Gasteiger partial charge in [-0.1, -0.05) is 54.1 Å². The Balaban J connectivity index is 1.31. The molecule has 0 saturated carbocycles. The Labute approximate surface area is 270 Å². The topological polar surface area (TPSA) is 105 Å². The summed E-state index contributed by atoms with van der Waals surface area (Å²) in [6.45, 7) is -2.72. The highest BCUT2D eigenvalue weighted by Gasteiger charge is 2.42. The summed E-state index contributed by atoms with van der Waals surface area (Å²) in [5.41, 5.74) is 2.95. The summed E-state index contributed by atoms with van der Waals surface area (Å²) in [6, 6.07) is 17.8. The summed E-state index contributed by atoms with van der Waals surface area (Å²) >= 11 is 7.86. The largest absolute Gasteiger partial charge is 0.333 e. The number of alkyl halides is 2. The Morgan fingerprint density at radius 1 is 1.02 bits per heavy atom. The fourth-order valence-corrected chi connectivity index (χ4v) is 7.75. The minimum absolute atomic E-state index is 0.0895. The lowest BCUT2D eigenvalue weighted by molar-refractivity contribution is 0.0564. The molecule has 234 valence electrons. The van der Waals surface area contributed by atoms with Crippen molar-refractivity contribution in [3.63, 3.8) is 0 Å². The number of halogens is 4. The molecule has 2 aliphatic rings. The van der Waals surface area contributed by atoms with Crippen LogP contribution in [0, 0.1) is 5.82 Å². The fourth-order valence-electron chi connectivity index (χ4n) is 5.65. The third kappa shape index (κ3) is 5.73. The Morgan fingerprint density at radius 2 is 1.85 bits per heavy atom. The van der Waals surface area contributed by atoms with Crippen molar-refractivity contribution in [2.45, 2.75) is 30.1 Å². The molecule has 5 aromatic rings. The quantitative estimate of drug-likeness (QED) is 0.199. The van der Waals surface area contributed by atoms with Crippen LogP contribution in [0.4, 0.5) is 13.2 Å². The first kappa shape index (κ1) is 30.3. The van der Waals surface area contributed by atoms with E-state index in [-0.39, 0.29) is 28.7 Å². The van der Waals surface area contributed by atoms with Gasteiger partial charge in [-0.2, -0.15) is 13.9 Å². The van der Waals surface area contributed by atoms with Gasteiger partial charge in [0.25, 0.3) is 10.0 Å². The smallest absolute Gasteiger partial charge is 0.326 e. The molecule has 2 atom stereocenters. The second kappa shape index (κ2) is 12.1. The average molecular weight is 682 g/mol. The number of aliphatic imine (C=N–C) groups is 1. The first-order valence-corrected chi connectivity index (χ1v) is 16.7. The molecular formula is C31H23ClF3N7O2S2. The number of thiazole rings is 1. The number of hydrogen-bond donors (Lipinski definition) is 1. The number of benzene rings is 2. The molecule has 46 heavy (non-hydrogen) atoms. The summed E-state index contributed by atoms with van der Waals surface area (Å²) < 4.78 is 72.0. The van der Waals surface area contributed by atoms with Crippen LogP contribution < -0.4 is 4.72 Å². The lowest BCUT2D eigenvalue weighted by Crippen LogP contribution is -2.39. The summed E-state index contributed by atoms with van der Waals surface area (Å²) in [5, 5.41) is 6.40. The van der Waals surface area contributed by atoms with E-state index in [0.29, 0.717) is 38.1 Å². The van der Waals surface area contributed by atoms with E-state index in [4.69, 9.17) is 16.6 Å². The first-order valence-electron chi connectivity index (χ1n) is 14.0. The van der Waals surface area contributed by atoms with Crippen molar-refractivity contribution in [3.8, 4) is 11.3 Å². The maximum atomic E-state index is 14.1. The number of sulfonamides is 1. The molecule has 1 N–H and O–H groups in total. The molecule has 1 fully saturated rings. The molecule has 0 radical (unpaired) electrons. The highest BCUT2D eigenvalue weighted by atomic mass is 35.5. The molecule has 15 heteroatoms. The van der Waals surface area contributed by atoms with Crippen LogP contribution >= 0.6 is 22.9 Å². The van der Waals surface area contributed by atoms with Gasteiger partial charge in [-0.3, -0.25) is 4.99 Å². The van der Waals surface area contributed by atoms with Crippen LogP contribution in [0.25, 0.3) is 16.8 Å². The predicted octanol–water partition coefficient (Wildman–Crippen LogP) is 6.55. The van der Waals surface area contributed by atoms with Gasteiger partial charge >= 0.3 is 6.55 Å². The normalized spacial score (nSPS) is 18.3. The number of pyridine rings is 1. The van der Waals surface area contributed by atoms with E-state index in [1.807, 2.05) is 35.2 Å². The minimum atomic E-state index is -4.10. The van der Waals surface area contributed by atoms with E-state index in [2.05, 4.69) is 19.8 Å². The number of fused-ring (bicyclic) bond motifs is 1. The Hall–Kier alpha value is -4.37. The molecule has 0 spiro atoms. The molecule has 7 rings (SSSR count). The van der Waals surface area contributed by atoms with Crippen molar-refractivity contribution in [2.75, 3.05) is 6.54 Å². The highest BCUT2D eigenvalue weighted by molar-refractivity contribution is 7.89. The van der Waals surface area contributed by atoms with Gasteiger partial charge in [-0.25, -0.2) is 32.2 Å². The van der Waals surface area contributed by atoms with Gasteiger partial charge in [0.05, 0.1) is 11.4 Å². The van der Waals surface area contributed by atoms with Crippen LogP contribution in [-0.4, -0.2) is 51.5 Å². The van der Waals surface area contributed by atoms with E-state index in [1.165, 1.54) is 35.6 Å². The van der Waals surface area contributed by atoms with Crippen LogP contribution in [0.15, 0.2) is 106 Å². The Kier molecular flexibility index (Phi) is 7.97. The van der Waals surface area contributed by atoms with Crippen LogP contribution in [0.2, 0.25) is 5.02 Å². The number of nitrogens with zero attached hydrogens (tertiary/aromatic N) is 6. The van der Waals surface area contributed by atoms with Crippen molar-refractivity contribution >= 4 is 44.4 Å². The Bertz CT molecular complexity index is 2090. The molecule has 0 amide bonds. The van der Waals surface area contributed by atoms with Crippen molar-refractivity contribution in [1.82, 2.24) is 29.4 Å². The maximum absolute atomic E-state index is 14.1. The number of amidine groups is 1. The van der Waals surface area contributed by atoms with E-state index < -0.39 is 34.5 Å². The number of aromatic nitrogens is 4. The molecule has 2 aliphatic heterocycles. The molecule has 0 bridgehead atoms. The summed E-state index contributed by atoms with van der Waals surface area (Å²) in [5.74, 6) is -0.106. The lowest BCUT2D eigenvalue weighted by atomic mass is 9.92. The van der Waals surface area contributed by atoms with Gasteiger partial charge in [0.15, 0.2) is 15.9 Å². The second-order valence-corrected chi connectivity index (χ2v) is 13.5. The lowest BCUT2D eigenvalue weighted by Gasteiger charge is -2.32. The van der Waals surface area contributed by atoms with Crippen molar-refractivity contribution < 1.29 is 21.6 Å². The van der Waals surface area contributed by atoms with E-state index >= 15 is 0 Å². The van der Waals surface area contributed by atoms with Crippen LogP contribution in [0.3, 0.4) is 0 Å². The van der Waals surface area contributed by atoms with Crippen LogP contribution in [-0.2, 0) is 10.0 Å². The first-order chi connectivity index (χ1) is 22.2. The van der Waals surface area contributed by atoms with E-state index in [9.17, 15) is 21.6 Å². The standard InChI is InChI=1S/C31H23ClF3N7O2S2/c32-22-15-19(33)9-10-21(22)28-27(24-11-13-42(39-24)31(34)35)25-16-20(17-41(25)29(38-28)30-36-12-14-45-30)40-46(43,44)26-8-4-7-23(37-26)18-5-2-1-3-6-18/h1-15,20,28,31,40H,16-17H2/t20-,28-/m0/s1. The van der Waals surface area contributed by atoms with Crippen molar-refractivity contribution in [2.24, 2.45) is 4.99 Å². The Morgan fingerprint density at radius 3 is 2.57 bits per heavy atom. The zero-order chi connectivity index (χ0) is 32.0. The third-order valence-corrected chi connectivity index (χ3v) is 10.1. The summed E-state index contributed by atoms with van der Waals surface area (Å²) in [4.78, 5) is 15.7. The summed E-state index contributed by atoms with van der Waals surface area (Å²) in [6.07, 6.45) is 2.93. The van der Waals surface area contributed by atoms with Crippen LogP contribution in [0.5, 0.6) is 0 Å². The number of rotatable bonds is 8. The zero-order valence-corrected chi connectivity index (χ0v) is 26.0. The molecule has 1 saturated heterocycles. The molecule has 3 aromatic heterocycles. The highest BCUT2D eigenvalue weighted by Crippen LogP contribution is 2.46. The molecule has 0 unspecified atom stereocenters. The zero-order valence-electron chi connectivity index (χ0n) is 23.6. The molecule has 5 heterocycles. The molecule has 2 aromatic carbocycles. The molecule has 0 aliphatic carbocycles. The van der Waals surface area contributed by atoms with E-state index in [0.717, 1.165) is 17.8 Å². The SMILES string of the molecule is O=S(=O)(N[C@H]1CC2=C(c3ccn(C(F)F)n3)[C@H](c3ccc(F)cc3Cl)N=C(c3nccs3)N2C1)c1cccc(-c2ccccc2)n1. The third-order valence-electron chi connectivity index (χ3n) is 7.62.